The quantitative estimate of drug-likeness (QED) is 0.730. The summed E-state index contributed by atoms with van der Waals surface area (Å²) in [6.07, 6.45) is 3.77. The molecule has 0 aliphatic carbocycles. The van der Waals surface area contributed by atoms with E-state index >= 15 is 0 Å². The van der Waals surface area contributed by atoms with Gasteiger partial charge in [-0.1, -0.05) is 11.6 Å². The number of hydrogen-bond acceptors (Lipinski definition) is 5. The fraction of sp³-hybridized carbons (Fsp3) is 0.333. The van der Waals surface area contributed by atoms with Gasteiger partial charge in [-0.05, 0) is 13.8 Å². The first-order chi connectivity index (χ1) is 7.16. The molecule has 0 unspecified atom stereocenters. The van der Waals surface area contributed by atoms with Crippen molar-refractivity contribution in [1.82, 2.24) is 24.7 Å². The van der Waals surface area contributed by atoms with Gasteiger partial charge in [0.05, 0.1) is 6.33 Å². The largest absolute Gasteiger partial charge is 0.366 e. The van der Waals surface area contributed by atoms with Crippen LogP contribution in [0.1, 0.15) is 13.8 Å². The van der Waals surface area contributed by atoms with Crippen molar-refractivity contribution in [3.8, 4) is 0 Å². The van der Waals surface area contributed by atoms with Crippen molar-refractivity contribution >= 4 is 17.2 Å². The lowest BCUT2D eigenvalue weighted by atomic mass is 10.3. The number of rotatable bonds is 2. The van der Waals surface area contributed by atoms with Crippen LogP contribution in [0.3, 0.4) is 0 Å². The third-order valence-corrected chi connectivity index (χ3v) is 1.96. The molecule has 78 valence electrons. The molecule has 0 saturated carbocycles. The Morgan fingerprint density at radius 1 is 1.47 bits per heavy atom. The Labute approximate surface area is 86.9 Å². The van der Waals surface area contributed by atoms with Gasteiger partial charge < -0.3 is 10.3 Å². The summed E-state index contributed by atoms with van der Waals surface area (Å²) in [6, 6.07) is 0. The highest BCUT2D eigenvalue weighted by atomic mass is 15.3. The summed E-state index contributed by atoms with van der Waals surface area (Å²) >= 11 is 0. The maximum atomic E-state index is 5.41. The van der Waals surface area contributed by atoms with E-state index in [-0.39, 0.29) is 5.95 Å². The highest BCUT2D eigenvalue weighted by Gasteiger charge is 2.05. The molecule has 0 aliphatic rings. The Bertz CT molecular complexity index is 508. The molecule has 0 amide bonds. The van der Waals surface area contributed by atoms with Crippen molar-refractivity contribution < 1.29 is 0 Å². The fourth-order valence-electron chi connectivity index (χ4n) is 1.19. The molecule has 6 nitrogen and oxygen atoms in total. The van der Waals surface area contributed by atoms with Gasteiger partial charge in [-0.2, -0.15) is 4.98 Å². The second-order valence-corrected chi connectivity index (χ2v) is 3.50. The molecule has 6 heteroatoms. The van der Waals surface area contributed by atoms with Crippen molar-refractivity contribution in [3.63, 3.8) is 0 Å². The molecule has 15 heavy (non-hydrogen) atoms. The Hall–Kier alpha value is -1.98. The van der Waals surface area contributed by atoms with Gasteiger partial charge >= 0.3 is 0 Å². The molecule has 0 bridgehead atoms. The molecule has 2 N–H and O–H groups in total. The van der Waals surface area contributed by atoms with Gasteiger partial charge in [0.15, 0.2) is 0 Å². The van der Waals surface area contributed by atoms with Crippen LogP contribution < -0.4 is 5.73 Å². The van der Waals surface area contributed by atoms with Gasteiger partial charge in [-0.25, -0.2) is 4.98 Å². The molecule has 2 aromatic rings. The average molecular weight is 204 g/mol. The van der Waals surface area contributed by atoms with Crippen LogP contribution >= 0.6 is 0 Å². The lowest BCUT2D eigenvalue weighted by Gasteiger charge is -1.98. The number of anilines is 1. The maximum absolute atomic E-state index is 5.41. The lowest BCUT2D eigenvalue weighted by molar-refractivity contribution is 0.820. The normalized spacial score (nSPS) is 10.5. The van der Waals surface area contributed by atoms with Gasteiger partial charge in [0.25, 0.3) is 0 Å². The van der Waals surface area contributed by atoms with Gasteiger partial charge in [0, 0.05) is 6.54 Å². The molecular formula is C9H12N6. The van der Waals surface area contributed by atoms with Crippen LogP contribution in [0, 0.1) is 0 Å². The third kappa shape index (κ3) is 1.93. The van der Waals surface area contributed by atoms with Crippen LogP contribution in [-0.4, -0.2) is 24.7 Å². The highest BCUT2D eigenvalue weighted by Crippen LogP contribution is 2.07. The van der Waals surface area contributed by atoms with Crippen molar-refractivity contribution in [2.45, 2.75) is 20.4 Å². The van der Waals surface area contributed by atoms with E-state index in [1.165, 1.54) is 5.57 Å². The van der Waals surface area contributed by atoms with E-state index in [4.69, 9.17) is 5.73 Å². The van der Waals surface area contributed by atoms with Crippen molar-refractivity contribution in [2.75, 3.05) is 5.73 Å². The molecule has 0 saturated heterocycles. The Morgan fingerprint density at radius 2 is 2.27 bits per heavy atom. The van der Waals surface area contributed by atoms with Crippen molar-refractivity contribution in [2.24, 2.45) is 0 Å². The molecule has 0 radical (unpaired) electrons. The van der Waals surface area contributed by atoms with Gasteiger partial charge in [0.1, 0.15) is 0 Å². The Balaban J connectivity index is 2.41. The minimum atomic E-state index is 0.148. The van der Waals surface area contributed by atoms with Crippen LogP contribution in [0.15, 0.2) is 18.0 Å². The zero-order valence-corrected chi connectivity index (χ0v) is 8.68. The summed E-state index contributed by atoms with van der Waals surface area (Å²) < 4.78 is 1.88. The average Bonchev–Trinajstić information content (AvgIpc) is 2.57. The SMILES string of the molecule is CC(C)=CCn1cnc2nc(N)nnc21. The summed E-state index contributed by atoms with van der Waals surface area (Å²) in [6.45, 7) is 4.81. The minimum Gasteiger partial charge on any atom is -0.366 e. The highest BCUT2D eigenvalue weighted by molar-refractivity contribution is 5.65. The molecule has 0 spiro atoms. The number of nitrogens with zero attached hydrogens (tertiary/aromatic N) is 5. The zero-order chi connectivity index (χ0) is 10.8. The van der Waals surface area contributed by atoms with Crippen LogP contribution in [0.4, 0.5) is 5.95 Å². The molecule has 2 heterocycles. The van der Waals surface area contributed by atoms with Crippen LogP contribution in [-0.2, 0) is 6.54 Å². The standard InChI is InChI=1S/C9H12N6/c1-6(2)3-4-15-5-11-7-8(15)13-14-9(10)12-7/h3,5H,4H2,1-2H3,(H2,10,12,14). The molecule has 0 atom stereocenters. The lowest BCUT2D eigenvalue weighted by Crippen LogP contribution is -2.01. The number of allylic oxidation sites excluding steroid dienone is 2. The summed E-state index contributed by atoms with van der Waals surface area (Å²) in [5.41, 5.74) is 7.84. The summed E-state index contributed by atoms with van der Waals surface area (Å²) in [4.78, 5) is 8.07. The molecular weight excluding hydrogens is 192 g/mol. The van der Waals surface area contributed by atoms with E-state index in [0.29, 0.717) is 11.3 Å². The van der Waals surface area contributed by atoms with Gasteiger partial charge in [-0.3, -0.25) is 0 Å². The molecule has 2 rings (SSSR count). The monoisotopic (exact) mass is 204 g/mol. The second-order valence-electron chi connectivity index (χ2n) is 3.50. The smallest absolute Gasteiger partial charge is 0.242 e. The first-order valence-corrected chi connectivity index (χ1v) is 4.61. The summed E-state index contributed by atoms with van der Waals surface area (Å²) in [5, 5.41) is 7.65. The van der Waals surface area contributed by atoms with Crippen LogP contribution in [0.2, 0.25) is 0 Å². The molecule has 0 aliphatic heterocycles. The number of hydrogen-bond donors (Lipinski definition) is 1. The topological polar surface area (TPSA) is 82.5 Å². The van der Waals surface area contributed by atoms with E-state index in [1.54, 1.807) is 6.33 Å². The maximum Gasteiger partial charge on any atom is 0.242 e. The number of imidazole rings is 1. The Kier molecular flexibility index (Phi) is 2.32. The van der Waals surface area contributed by atoms with Crippen LogP contribution in [0.25, 0.3) is 11.3 Å². The van der Waals surface area contributed by atoms with E-state index in [1.807, 2.05) is 18.4 Å². The van der Waals surface area contributed by atoms with Crippen molar-refractivity contribution in [1.29, 1.82) is 0 Å². The number of nitrogen functional groups attached to an aromatic ring is 1. The number of nitrogens with two attached hydrogens (primary N) is 1. The van der Waals surface area contributed by atoms with Crippen molar-refractivity contribution in [3.05, 3.63) is 18.0 Å². The number of fused-ring (bicyclic) bond motifs is 1. The summed E-state index contributed by atoms with van der Waals surface area (Å²) in [5.74, 6) is 0.148. The first kappa shape index (κ1) is 9.57. The van der Waals surface area contributed by atoms with Gasteiger partial charge in [0.2, 0.25) is 17.2 Å². The second kappa shape index (κ2) is 3.64. The Morgan fingerprint density at radius 3 is 3.00 bits per heavy atom. The zero-order valence-electron chi connectivity index (χ0n) is 8.68. The first-order valence-electron chi connectivity index (χ1n) is 4.61. The fourth-order valence-corrected chi connectivity index (χ4v) is 1.19. The van der Waals surface area contributed by atoms with E-state index < -0.39 is 0 Å². The summed E-state index contributed by atoms with van der Waals surface area (Å²) in [7, 11) is 0. The van der Waals surface area contributed by atoms with E-state index in [9.17, 15) is 0 Å². The van der Waals surface area contributed by atoms with E-state index in [0.717, 1.165) is 6.54 Å². The molecule has 0 fully saturated rings. The predicted octanol–water partition coefficient (Wildman–Crippen LogP) is 0.770. The van der Waals surface area contributed by atoms with Crippen LogP contribution in [0.5, 0.6) is 0 Å². The van der Waals surface area contributed by atoms with E-state index in [2.05, 4.69) is 26.2 Å². The molecule has 0 aromatic carbocycles. The number of aromatic nitrogens is 5. The molecule has 2 aromatic heterocycles. The predicted molar refractivity (Wildman–Crippen MR) is 57.0 cm³/mol. The third-order valence-electron chi connectivity index (χ3n) is 1.96. The minimum absolute atomic E-state index is 0.148. The van der Waals surface area contributed by atoms with Gasteiger partial charge in [-0.15, -0.1) is 10.2 Å².